The molecule has 2 aromatic rings. The highest BCUT2D eigenvalue weighted by Crippen LogP contribution is 2.48. The van der Waals surface area contributed by atoms with Crippen LogP contribution >= 0.6 is 11.3 Å². The van der Waals surface area contributed by atoms with Gasteiger partial charge in [-0.15, -0.1) is 11.3 Å². The van der Waals surface area contributed by atoms with Crippen LogP contribution in [0.3, 0.4) is 0 Å². The maximum absolute atomic E-state index is 13.1. The lowest BCUT2D eigenvalue weighted by Gasteiger charge is -2.28. The normalized spacial score (nSPS) is 17.7. The van der Waals surface area contributed by atoms with Gasteiger partial charge in [0.15, 0.2) is 10.8 Å². The fourth-order valence-corrected chi connectivity index (χ4v) is 4.60. The van der Waals surface area contributed by atoms with E-state index in [1.807, 2.05) is 0 Å². The van der Waals surface area contributed by atoms with Gasteiger partial charge in [-0.2, -0.15) is 18.3 Å². The zero-order chi connectivity index (χ0) is 21.8. The van der Waals surface area contributed by atoms with E-state index in [4.69, 9.17) is 0 Å². The predicted octanol–water partition coefficient (Wildman–Crippen LogP) is 4.37. The van der Waals surface area contributed by atoms with E-state index < -0.39 is 23.0 Å². The van der Waals surface area contributed by atoms with Crippen LogP contribution in [-0.2, 0) is 22.8 Å². The molecule has 1 aliphatic carbocycles. The van der Waals surface area contributed by atoms with E-state index in [2.05, 4.69) is 23.2 Å². The molecule has 1 fully saturated rings. The maximum atomic E-state index is 13.1. The molecule has 2 aromatic heterocycles. The van der Waals surface area contributed by atoms with Crippen molar-refractivity contribution in [2.75, 3.05) is 4.90 Å². The number of nitrogens with zero attached hydrogens (tertiary/aromatic N) is 4. The largest absolute Gasteiger partial charge is 0.443 e. The Kier molecular flexibility index (Phi) is 4.76. The van der Waals surface area contributed by atoms with Gasteiger partial charge in [-0.3, -0.25) is 14.3 Å². The lowest BCUT2D eigenvalue weighted by Crippen LogP contribution is -2.33. The number of carbonyl (C=O) groups excluding carboxylic acids is 2. The van der Waals surface area contributed by atoms with Crippen molar-refractivity contribution in [3.05, 3.63) is 53.2 Å². The summed E-state index contributed by atoms with van der Waals surface area (Å²) in [5.41, 5.74) is 1.28. The summed E-state index contributed by atoms with van der Waals surface area (Å²) in [5, 5.41) is 3.42. The van der Waals surface area contributed by atoms with Crippen LogP contribution in [0, 0.1) is 0 Å². The molecule has 0 bridgehead atoms. The summed E-state index contributed by atoms with van der Waals surface area (Å²) in [6.07, 6.45) is 1.73. The van der Waals surface area contributed by atoms with Crippen LogP contribution in [0.1, 0.15) is 35.8 Å². The first-order valence-electron chi connectivity index (χ1n) is 9.17. The summed E-state index contributed by atoms with van der Waals surface area (Å²) in [5.74, 6) is -1.02. The number of amides is 2. The number of aromatic nitrogens is 3. The van der Waals surface area contributed by atoms with Crippen molar-refractivity contribution in [2.24, 2.45) is 7.05 Å². The maximum Gasteiger partial charge on any atom is 0.443 e. The van der Waals surface area contributed by atoms with Gasteiger partial charge in [-0.25, -0.2) is 9.88 Å². The fourth-order valence-electron chi connectivity index (χ4n) is 3.72. The number of imide groups is 1. The molecule has 0 aromatic carbocycles. The van der Waals surface area contributed by atoms with Crippen LogP contribution in [0.4, 0.5) is 19.0 Å². The van der Waals surface area contributed by atoms with Crippen molar-refractivity contribution in [2.45, 2.75) is 31.4 Å². The molecule has 0 atom stereocenters. The molecule has 2 amide bonds. The van der Waals surface area contributed by atoms with Crippen molar-refractivity contribution >= 4 is 29.0 Å². The topological polar surface area (TPSA) is 68.1 Å². The van der Waals surface area contributed by atoms with E-state index in [1.165, 1.54) is 16.8 Å². The minimum atomic E-state index is -4.55. The Morgan fingerprint density at radius 2 is 1.77 bits per heavy atom. The van der Waals surface area contributed by atoms with Gasteiger partial charge < -0.3 is 0 Å². The Hall–Kier alpha value is -3.01. The molecule has 0 saturated heterocycles. The minimum absolute atomic E-state index is 0.0132. The van der Waals surface area contributed by atoms with Crippen molar-refractivity contribution in [1.82, 2.24) is 14.8 Å². The zero-order valence-corrected chi connectivity index (χ0v) is 16.8. The Morgan fingerprint density at radius 3 is 2.20 bits per heavy atom. The SMILES string of the molecule is C=CC1=C(C=C)C(=O)N(c2nn(C)c(-c3cnc(C(F)(F)F)s3)c2C2CCC2)C1=O. The molecule has 0 unspecified atom stereocenters. The van der Waals surface area contributed by atoms with Crippen LogP contribution in [0.2, 0.25) is 0 Å². The monoisotopic (exact) mass is 434 g/mol. The molecular weight excluding hydrogens is 417 g/mol. The summed E-state index contributed by atoms with van der Waals surface area (Å²) in [6.45, 7) is 7.18. The van der Waals surface area contributed by atoms with Gasteiger partial charge in [0.25, 0.3) is 11.8 Å². The Labute approximate surface area is 174 Å². The fraction of sp³-hybridized carbons (Fsp3) is 0.300. The number of aryl methyl sites for hydroxylation is 1. The van der Waals surface area contributed by atoms with Crippen LogP contribution < -0.4 is 4.90 Å². The second-order valence-electron chi connectivity index (χ2n) is 7.05. The van der Waals surface area contributed by atoms with Crippen molar-refractivity contribution in [3.8, 4) is 10.6 Å². The molecule has 1 saturated carbocycles. The number of hydrogen-bond acceptors (Lipinski definition) is 5. The first kappa shape index (κ1) is 20.3. The number of hydrogen-bond donors (Lipinski definition) is 0. The molecule has 6 nitrogen and oxygen atoms in total. The Bertz CT molecular complexity index is 1090. The third-order valence-electron chi connectivity index (χ3n) is 5.34. The second kappa shape index (κ2) is 7.05. The van der Waals surface area contributed by atoms with E-state index in [-0.39, 0.29) is 27.8 Å². The smallest absolute Gasteiger partial charge is 0.268 e. The summed E-state index contributed by atoms with van der Waals surface area (Å²) >= 11 is 0.513. The third kappa shape index (κ3) is 2.94. The van der Waals surface area contributed by atoms with Gasteiger partial charge in [0.2, 0.25) is 0 Å². The lowest BCUT2D eigenvalue weighted by molar-refractivity contribution is -0.137. The van der Waals surface area contributed by atoms with Crippen molar-refractivity contribution in [1.29, 1.82) is 0 Å². The summed E-state index contributed by atoms with van der Waals surface area (Å²) in [4.78, 5) is 30.6. The molecule has 0 spiro atoms. The van der Waals surface area contributed by atoms with E-state index in [1.54, 1.807) is 7.05 Å². The highest BCUT2D eigenvalue weighted by Gasteiger charge is 2.43. The van der Waals surface area contributed by atoms with Gasteiger partial charge >= 0.3 is 6.18 Å². The number of alkyl halides is 3. The van der Waals surface area contributed by atoms with Crippen molar-refractivity contribution in [3.63, 3.8) is 0 Å². The number of halogens is 3. The second-order valence-corrected chi connectivity index (χ2v) is 8.08. The van der Waals surface area contributed by atoms with Gasteiger partial charge in [0.1, 0.15) is 0 Å². The van der Waals surface area contributed by atoms with E-state index >= 15 is 0 Å². The standard InChI is InChI=1S/C20H17F3N4O2S/c1-4-11-12(5-2)18(29)27(17(11)28)16-14(10-7-6-8-10)15(26(3)25-16)13-9-24-19(30-13)20(21,22)23/h4-5,9-10H,1-2,6-8H2,3H3. The molecule has 3 heterocycles. The number of anilines is 1. The molecule has 10 heteroatoms. The molecule has 1 aliphatic heterocycles. The highest BCUT2D eigenvalue weighted by molar-refractivity contribution is 7.15. The predicted molar refractivity (Wildman–Crippen MR) is 106 cm³/mol. The van der Waals surface area contributed by atoms with Gasteiger partial charge in [0.05, 0.1) is 21.7 Å². The van der Waals surface area contributed by atoms with E-state index in [0.29, 0.717) is 22.6 Å². The van der Waals surface area contributed by atoms with Crippen molar-refractivity contribution < 1.29 is 22.8 Å². The van der Waals surface area contributed by atoms with Crippen LogP contribution in [-0.4, -0.2) is 26.6 Å². The highest BCUT2D eigenvalue weighted by atomic mass is 32.1. The molecule has 2 aliphatic rings. The zero-order valence-electron chi connectivity index (χ0n) is 16.0. The quantitative estimate of drug-likeness (QED) is 0.656. The lowest BCUT2D eigenvalue weighted by atomic mass is 9.79. The number of thiazole rings is 1. The molecule has 4 rings (SSSR count). The van der Waals surface area contributed by atoms with Crippen LogP contribution in [0.25, 0.3) is 10.6 Å². The minimum Gasteiger partial charge on any atom is -0.268 e. The Morgan fingerprint density at radius 1 is 1.17 bits per heavy atom. The summed E-state index contributed by atoms with van der Waals surface area (Å²) < 4.78 is 40.6. The Balaban J connectivity index is 1.87. The first-order valence-corrected chi connectivity index (χ1v) is 9.98. The first-order chi connectivity index (χ1) is 14.2. The molecule has 30 heavy (non-hydrogen) atoms. The number of rotatable bonds is 5. The van der Waals surface area contributed by atoms with Crippen LogP contribution in [0.5, 0.6) is 0 Å². The average Bonchev–Trinajstić information content (AvgIpc) is 3.28. The molecule has 0 radical (unpaired) electrons. The molecular formula is C20H17F3N4O2S. The third-order valence-corrected chi connectivity index (χ3v) is 6.39. The summed E-state index contributed by atoms with van der Waals surface area (Å²) in [7, 11) is 1.58. The van der Waals surface area contributed by atoms with Gasteiger partial charge in [-0.1, -0.05) is 31.7 Å². The van der Waals surface area contributed by atoms with Gasteiger partial charge in [-0.05, 0) is 18.8 Å². The van der Waals surface area contributed by atoms with E-state index in [9.17, 15) is 22.8 Å². The van der Waals surface area contributed by atoms with Crippen LogP contribution in [0.15, 0.2) is 42.7 Å². The summed E-state index contributed by atoms with van der Waals surface area (Å²) in [6, 6.07) is 0. The van der Waals surface area contributed by atoms with Gasteiger partial charge in [0, 0.05) is 18.8 Å². The van der Waals surface area contributed by atoms with E-state index in [0.717, 1.165) is 30.4 Å². The molecule has 0 N–H and O–H groups in total. The average molecular weight is 434 g/mol. The molecule has 156 valence electrons. The number of carbonyl (C=O) groups is 2.